The minimum Gasteiger partial charge on any atom is -0.366 e. The molecule has 2 N–H and O–H groups in total. The van der Waals surface area contributed by atoms with Gasteiger partial charge < -0.3 is 5.73 Å². The molecule has 0 spiro atoms. The monoisotopic (exact) mass is 408 g/mol. The van der Waals surface area contributed by atoms with Gasteiger partial charge in [0.15, 0.2) is 11.5 Å². The average Bonchev–Trinajstić information content (AvgIpc) is 3.39. The number of hydrogen-bond acceptors (Lipinski definition) is 3. The molecule has 10 heteroatoms. The van der Waals surface area contributed by atoms with Crippen molar-refractivity contribution in [3.05, 3.63) is 65.1 Å². The van der Waals surface area contributed by atoms with Gasteiger partial charge in [0.25, 0.3) is 5.91 Å². The van der Waals surface area contributed by atoms with Gasteiger partial charge in [0.1, 0.15) is 17.2 Å². The quantitative estimate of drug-likeness (QED) is 0.658. The number of aromatic nitrogens is 3. The zero-order valence-corrected chi connectivity index (χ0v) is 14.7. The Morgan fingerprint density at radius 3 is 2.45 bits per heavy atom. The fourth-order valence-electron chi connectivity index (χ4n) is 3.06. The number of primary amides is 1. The van der Waals surface area contributed by atoms with E-state index in [1.54, 1.807) is 0 Å². The van der Waals surface area contributed by atoms with E-state index in [9.17, 15) is 26.7 Å². The first-order chi connectivity index (χ1) is 13.7. The molecule has 0 bridgehead atoms. The number of carbonyl (C=O) groups excluding carboxylic acids is 1. The molecule has 0 unspecified atom stereocenters. The lowest BCUT2D eigenvalue weighted by atomic mass is 10.1. The summed E-state index contributed by atoms with van der Waals surface area (Å²) in [6.45, 7) is 0. The molecule has 1 aromatic carbocycles. The molecule has 29 heavy (non-hydrogen) atoms. The van der Waals surface area contributed by atoms with Crippen molar-refractivity contribution in [2.24, 2.45) is 5.73 Å². The van der Waals surface area contributed by atoms with Crippen LogP contribution in [0.1, 0.15) is 40.5 Å². The molecule has 2 aromatic heterocycles. The molecule has 150 valence electrons. The van der Waals surface area contributed by atoms with Gasteiger partial charge in [-0.3, -0.25) is 9.78 Å². The van der Waals surface area contributed by atoms with Crippen LogP contribution in [0.25, 0.3) is 16.9 Å². The molecule has 3 aromatic rings. The summed E-state index contributed by atoms with van der Waals surface area (Å²) in [5.41, 5.74) is 3.36. The Bertz CT molecular complexity index is 1120. The molecule has 1 aliphatic carbocycles. The largest absolute Gasteiger partial charge is 0.435 e. The highest BCUT2D eigenvalue weighted by atomic mass is 19.4. The number of nitrogens with zero attached hydrogens (tertiary/aromatic N) is 3. The first-order valence-electron chi connectivity index (χ1n) is 8.58. The molecular formula is C19H13F5N4O. The van der Waals surface area contributed by atoms with E-state index in [0.29, 0.717) is 12.8 Å². The number of amides is 1. The summed E-state index contributed by atoms with van der Waals surface area (Å²) in [5, 5.41) is 3.53. The van der Waals surface area contributed by atoms with E-state index in [0.717, 1.165) is 29.1 Å². The lowest BCUT2D eigenvalue weighted by Gasteiger charge is -2.10. The van der Waals surface area contributed by atoms with Gasteiger partial charge >= 0.3 is 6.18 Å². The first kappa shape index (κ1) is 19.0. The average molecular weight is 408 g/mol. The fraction of sp³-hybridized carbons (Fsp3) is 0.211. The molecule has 4 rings (SSSR count). The van der Waals surface area contributed by atoms with Gasteiger partial charge in [-0.15, -0.1) is 0 Å². The maximum atomic E-state index is 14.8. The third kappa shape index (κ3) is 3.45. The lowest BCUT2D eigenvalue weighted by Crippen LogP contribution is -2.14. The molecule has 0 saturated heterocycles. The van der Waals surface area contributed by atoms with Crippen molar-refractivity contribution in [3.8, 4) is 16.9 Å². The van der Waals surface area contributed by atoms with Crippen LogP contribution >= 0.6 is 0 Å². The molecule has 5 nitrogen and oxygen atoms in total. The lowest BCUT2D eigenvalue weighted by molar-refractivity contribution is -0.141. The number of nitrogens with two attached hydrogens (primary N) is 1. The second-order valence-corrected chi connectivity index (χ2v) is 6.69. The van der Waals surface area contributed by atoms with Crippen molar-refractivity contribution in [1.29, 1.82) is 0 Å². The van der Waals surface area contributed by atoms with Gasteiger partial charge in [-0.05, 0) is 37.1 Å². The van der Waals surface area contributed by atoms with Crippen LogP contribution in [0.3, 0.4) is 0 Å². The number of alkyl halides is 3. The Morgan fingerprint density at radius 2 is 1.86 bits per heavy atom. The van der Waals surface area contributed by atoms with E-state index < -0.39 is 35.0 Å². The molecule has 0 aliphatic heterocycles. The van der Waals surface area contributed by atoms with Gasteiger partial charge in [-0.25, -0.2) is 13.5 Å². The van der Waals surface area contributed by atoms with E-state index in [-0.39, 0.29) is 28.6 Å². The fourth-order valence-corrected chi connectivity index (χ4v) is 3.06. The third-order valence-corrected chi connectivity index (χ3v) is 4.63. The minimum atomic E-state index is -4.66. The van der Waals surface area contributed by atoms with Gasteiger partial charge in [-0.2, -0.15) is 18.3 Å². The van der Waals surface area contributed by atoms with Crippen LogP contribution in [-0.4, -0.2) is 20.7 Å². The standard InChI is InChI=1S/C19H13F5N4O/c20-12-7-10(17-16(21)11(18(25)29)5-6-26-17)3-4-13(12)28-14(9-1-2-9)8-15(27-28)19(22,23)24/h3-9H,1-2H2,(H2,25,29). The summed E-state index contributed by atoms with van der Waals surface area (Å²) >= 11 is 0. The van der Waals surface area contributed by atoms with Crippen molar-refractivity contribution in [2.45, 2.75) is 24.9 Å². The number of carbonyl (C=O) groups is 1. The second kappa shape index (κ2) is 6.64. The Hall–Kier alpha value is -3.30. The van der Waals surface area contributed by atoms with Crippen LogP contribution in [0.15, 0.2) is 36.5 Å². The Kier molecular flexibility index (Phi) is 4.36. The highest BCUT2D eigenvalue weighted by molar-refractivity contribution is 5.94. The molecule has 0 radical (unpaired) electrons. The normalized spacial score (nSPS) is 14.2. The van der Waals surface area contributed by atoms with E-state index in [1.165, 1.54) is 12.1 Å². The van der Waals surface area contributed by atoms with E-state index in [1.807, 2.05) is 0 Å². The molecule has 1 saturated carbocycles. The van der Waals surface area contributed by atoms with Crippen LogP contribution in [-0.2, 0) is 6.18 Å². The summed E-state index contributed by atoms with van der Waals surface area (Å²) in [6, 6.07) is 5.43. The van der Waals surface area contributed by atoms with Crippen molar-refractivity contribution in [2.75, 3.05) is 0 Å². The SMILES string of the molecule is NC(=O)c1ccnc(-c2ccc(-n3nc(C(F)(F)F)cc3C3CC3)c(F)c2)c1F. The summed E-state index contributed by atoms with van der Waals surface area (Å²) in [4.78, 5) is 15.1. The van der Waals surface area contributed by atoms with E-state index in [2.05, 4.69) is 10.1 Å². The molecular weight excluding hydrogens is 395 g/mol. The van der Waals surface area contributed by atoms with E-state index >= 15 is 0 Å². The maximum absolute atomic E-state index is 14.8. The van der Waals surface area contributed by atoms with Crippen molar-refractivity contribution < 1.29 is 26.7 Å². The molecule has 1 aliphatic rings. The topological polar surface area (TPSA) is 73.8 Å². The molecule has 0 atom stereocenters. The van der Waals surface area contributed by atoms with Crippen LogP contribution in [0.2, 0.25) is 0 Å². The Labute approximate surface area is 161 Å². The zero-order chi connectivity index (χ0) is 20.9. The Balaban J connectivity index is 1.79. The Morgan fingerprint density at radius 1 is 1.14 bits per heavy atom. The van der Waals surface area contributed by atoms with Crippen LogP contribution in [0.5, 0.6) is 0 Å². The summed E-state index contributed by atoms with van der Waals surface area (Å²) in [7, 11) is 0. The van der Waals surface area contributed by atoms with Crippen LogP contribution in [0, 0.1) is 11.6 Å². The highest BCUT2D eigenvalue weighted by Gasteiger charge is 2.38. The number of benzene rings is 1. The third-order valence-electron chi connectivity index (χ3n) is 4.63. The van der Waals surface area contributed by atoms with Crippen LogP contribution < -0.4 is 5.73 Å². The van der Waals surface area contributed by atoms with Crippen molar-refractivity contribution in [3.63, 3.8) is 0 Å². The summed E-state index contributed by atoms with van der Waals surface area (Å²) in [5.74, 6) is -3.05. The summed E-state index contributed by atoms with van der Waals surface area (Å²) in [6.07, 6.45) is -2.12. The van der Waals surface area contributed by atoms with E-state index in [4.69, 9.17) is 5.73 Å². The van der Waals surface area contributed by atoms with Gasteiger partial charge in [0.2, 0.25) is 0 Å². The van der Waals surface area contributed by atoms with Crippen molar-refractivity contribution in [1.82, 2.24) is 14.8 Å². The maximum Gasteiger partial charge on any atom is 0.435 e. The number of hydrogen-bond donors (Lipinski definition) is 1. The van der Waals surface area contributed by atoms with Gasteiger partial charge in [-0.1, -0.05) is 6.07 Å². The molecule has 2 heterocycles. The van der Waals surface area contributed by atoms with Crippen LogP contribution in [0.4, 0.5) is 22.0 Å². The first-order valence-corrected chi connectivity index (χ1v) is 8.58. The molecule has 1 fully saturated rings. The van der Waals surface area contributed by atoms with Gasteiger partial charge in [0, 0.05) is 23.4 Å². The zero-order valence-electron chi connectivity index (χ0n) is 14.7. The number of pyridine rings is 1. The number of rotatable bonds is 4. The minimum absolute atomic E-state index is 0.00280. The summed E-state index contributed by atoms with van der Waals surface area (Å²) < 4.78 is 69.4. The number of halogens is 5. The smallest absolute Gasteiger partial charge is 0.366 e. The predicted molar refractivity (Wildman–Crippen MR) is 92.2 cm³/mol. The van der Waals surface area contributed by atoms with Crippen molar-refractivity contribution >= 4 is 5.91 Å². The van der Waals surface area contributed by atoms with Gasteiger partial charge in [0.05, 0.1) is 5.56 Å². The predicted octanol–water partition coefficient (Wildman–Crippen LogP) is 4.21. The molecule has 1 amide bonds. The second-order valence-electron chi connectivity index (χ2n) is 6.69. The highest BCUT2D eigenvalue weighted by Crippen LogP contribution is 2.43.